The van der Waals surface area contributed by atoms with E-state index in [1.54, 1.807) is 24.3 Å². The Balaban J connectivity index is 1.38. The second-order valence-corrected chi connectivity index (χ2v) is 8.28. The minimum atomic E-state index is -1.22. The molecule has 8 heteroatoms. The molecule has 3 N–H and O–H groups in total. The van der Waals surface area contributed by atoms with E-state index in [1.165, 1.54) is 6.08 Å². The SMILES string of the molecule is C=CCOC(=O)Nc1cccc(CC(NC(=O)OCC2c3ccccc3-c3ccccc32)C(=O)O)c1. The largest absolute Gasteiger partial charge is 0.480 e. The molecule has 1 aliphatic carbocycles. The summed E-state index contributed by atoms with van der Waals surface area (Å²) in [6.07, 6.45) is -0.0238. The lowest BCUT2D eigenvalue weighted by atomic mass is 9.98. The molecule has 1 unspecified atom stereocenters. The van der Waals surface area contributed by atoms with Gasteiger partial charge in [0.15, 0.2) is 0 Å². The van der Waals surface area contributed by atoms with Crippen molar-refractivity contribution in [3.63, 3.8) is 0 Å². The van der Waals surface area contributed by atoms with Crippen molar-refractivity contribution in [2.75, 3.05) is 18.5 Å². The molecule has 0 aliphatic heterocycles. The molecule has 0 saturated carbocycles. The van der Waals surface area contributed by atoms with Gasteiger partial charge in [-0.2, -0.15) is 0 Å². The quantitative estimate of drug-likeness (QED) is 0.369. The minimum Gasteiger partial charge on any atom is -0.480 e. The fraction of sp³-hybridized carbons (Fsp3) is 0.179. The number of alkyl carbamates (subject to hydrolysis) is 1. The molecule has 1 atom stereocenters. The zero-order valence-electron chi connectivity index (χ0n) is 19.5. The standard InChI is InChI=1S/C28H26N2O6/c1-2-14-35-27(33)29-19-9-7-8-18(15-19)16-25(26(31)32)30-28(34)36-17-24-22-12-5-3-10-20(22)21-11-4-6-13-23(21)24/h2-13,15,24-25H,1,14,16-17H2,(H,29,33)(H,30,34)(H,31,32). The average Bonchev–Trinajstić information content (AvgIpc) is 3.19. The lowest BCUT2D eigenvalue weighted by Gasteiger charge is -2.18. The van der Waals surface area contributed by atoms with Gasteiger partial charge in [-0.25, -0.2) is 14.4 Å². The second kappa shape index (κ2) is 11.2. The molecule has 0 heterocycles. The highest BCUT2D eigenvalue weighted by atomic mass is 16.6. The van der Waals surface area contributed by atoms with Crippen LogP contribution in [0.4, 0.5) is 15.3 Å². The first-order chi connectivity index (χ1) is 17.5. The van der Waals surface area contributed by atoms with Crippen molar-refractivity contribution < 1.29 is 29.0 Å². The van der Waals surface area contributed by atoms with Crippen LogP contribution in [0.3, 0.4) is 0 Å². The first-order valence-corrected chi connectivity index (χ1v) is 11.4. The Bertz CT molecular complexity index is 1240. The first kappa shape index (κ1) is 24.5. The molecule has 36 heavy (non-hydrogen) atoms. The van der Waals surface area contributed by atoms with Crippen LogP contribution in [0.1, 0.15) is 22.6 Å². The number of nitrogens with one attached hydrogen (secondary N) is 2. The highest BCUT2D eigenvalue weighted by Crippen LogP contribution is 2.44. The van der Waals surface area contributed by atoms with Gasteiger partial charge in [0.2, 0.25) is 0 Å². The molecule has 0 radical (unpaired) electrons. The summed E-state index contributed by atoms with van der Waals surface area (Å²) in [5.41, 5.74) is 5.38. The van der Waals surface area contributed by atoms with Crippen LogP contribution >= 0.6 is 0 Å². The maximum absolute atomic E-state index is 12.6. The molecule has 184 valence electrons. The Morgan fingerprint density at radius 3 is 2.22 bits per heavy atom. The van der Waals surface area contributed by atoms with Crippen molar-refractivity contribution in [1.82, 2.24) is 5.32 Å². The van der Waals surface area contributed by atoms with Gasteiger partial charge in [-0.1, -0.05) is 73.3 Å². The summed E-state index contributed by atoms with van der Waals surface area (Å²) in [7, 11) is 0. The molecule has 0 spiro atoms. The smallest absolute Gasteiger partial charge is 0.411 e. The molecule has 4 rings (SSSR count). The number of hydrogen-bond acceptors (Lipinski definition) is 5. The number of amides is 2. The van der Waals surface area contributed by atoms with Gasteiger partial charge >= 0.3 is 18.2 Å². The van der Waals surface area contributed by atoms with Gasteiger partial charge in [0.1, 0.15) is 19.3 Å². The van der Waals surface area contributed by atoms with E-state index in [0.717, 1.165) is 22.3 Å². The number of fused-ring (bicyclic) bond motifs is 3. The summed E-state index contributed by atoms with van der Waals surface area (Å²) in [6, 6.07) is 21.3. The summed E-state index contributed by atoms with van der Waals surface area (Å²) in [6.45, 7) is 3.62. The molecule has 8 nitrogen and oxygen atoms in total. The maximum atomic E-state index is 12.6. The number of rotatable bonds is 9. The van der Waals surface area contributed by atoms with Crippen LogP contribution in [0, 0.1) is 0 Å². The Kier molecular flexibility index (Phi) is 7.65. The van der Waals surface area contributed by atoms with Gasteiger partial charge in [0.25, 0.3) is 0 Å². The second-order valence-electron chi connectivity index (χ2n) is 8.28. The molecule has 0 saturated heterocycles. The lowest BCUT2D eigenvalue weighted by molar-refractivity contribution is -0.139. The normalized spacial score (nSPS) is 12.6. The lowest BCUT2D eigenvalue weighted by Crippen LogP contribution is -2.42. The summed E-state index contributed by atoms with van der Waals surface area (Å²) < 4.78 is 10.4. The monoisotopic (exact) mass is 486 g/mol. The van der Waals surface area contributed by atoms with Crippen molar-refractivity contribution in [2.24, 2.45) is 0 Å². The molecule has 1 aliphatic rings. The predicted octanol–water partition coefficient (Wildman–Crippen LogP) is 4.96. The van der Waals surface area contributed by atoms with E-state index in [-0.39, 0.29) is 25.6 Å². The van der Waals surface area contributed by atoms with Crippen LogP contribution in [0.15, 0.2) is 85.5 Å². The third kappa shape index (κ3) is 5.72. The van der Waals surface area contributed by atoms with Crippen molar-refractivity contribution in [3.8, 4) is 11.1 Å². The number of carboxylic acid groups (broad SMARTS) is 1. The van der Waals surface area contributed by atoms with Gasteiger partial charge in [-0.05, 0) is 39.9 Å². The number of benzene rings is 3. The molecule has 2 amide bonds. The summed E-state index contributed by atoms with van der Waals surface area (Å²) in [5.74, 6) is -1.33. The number of aliphatic carboxylic acids is 1. The van der Waals surface area contributed by atoms with Gasteiger partial charge in [0.05, 0.1) is 0 Å². The molecule has 0 aromatic heterocycles. The number of carbonyl (C=O) groups is 3. The van der Waals surface area contributed by atoms with E-state index in [0.29, 0.717) is 11.3 Å². The zero-order chi connectivity index (χ0) is 25.5. The Labute approximate surface area is 208 Å². The molecule has 3 aromatic rings. The number of anilines is 1. The van der Waals surface area contributed by atoms with Crippen LogP contribution in [0.5, 0.6) is 0 Å². The Morgan fingerprint density at radius 2 is 1.58 bits per heavy atom. The van der Waals surface area contributed by atoms with Crippen molar-refractivity contribution in [3.05, 3.63) is 102 Å². The fourth-order valence-corrected chi connectivity index (χ4v) is 4.28. The zero-order valence-corrected chi connectivity index (χ0v) is 19.5. The summed E-state index contributed by atoms with van der Waals surface area (Å²) in [5, 5.41) is 14.7. The average molecular weight is 487 g/mol. The number of ether oxygens (including phenoxy) is 2. The minimum absolute atomic E-state index is 0.00322. The highest BCUT2D eigenvalue weighted by molar-refractivity contribution is 5.85. The van der Waals surface area contributed by atoms with Gasteiger partial charge < -0.3 is 19.9 Å². The van der Waals surface area contributed by atoms with E-state index in [9.17, 15) is 19.5 Å². The number of carboxylic acids is 1. The maximum Gasteiger partial charge on any atom is 0.411 e. The van der Waals surface area contributed by atoms with Crippen LogP contribution in [-0.2, 0) is 20.7 Å². The van der Waals surface area contributed by atoms with Crippen LogP contribution in [0.25, 0.3) is 11.1 Å². The van der Waals surface area contributed by atoms with E-state index in [1.807, 2.05) is 48.5 Å². The van der Waals surface area contributed by atoms with Crippen LogP contribution in [0.2, 0.25) is 0 Å². The summed E-state index contributed by atoms with van der Waals surface area (Å²) >= 11 is 0. The fourth-order valence-electron chi connectivity index (χ4n) is 4.28. The van der Waals surface area contributed by atoms with E-state index in [2.05, 4.69) is 17.2 Å². The Morgan fingerprint density at radius 1 is 0.917 bits per heavy atom. The van der Waals surface area contributed by atoms with Crippen LogP contribution in [-0.4, -0.2) is 42.5 Å². The molecule has 0 bridgehead atoms. The van der Waals surface area contributed by atoms with Gasteiger partial charge in [-0.3, -0.25) is 5.32 Å². The summed E-state index contributed by atoms with van der Waals surface area (Å²) in [4.78, 5) is 36.1. The number of carbonyl (C=O) groups excluding carboxylic acids is 2. The molecule has 3 aromatic carbocycles. The topological polar surface area (TPSA) is 114 Å². The van der Waals surface area contributed by atoms with E-state index in [4.69, 9.17) is 9.47 Å². The number of hydrogen-bond donors (Lipinski definition) is 3. The van der Waals surface area contributed by atoms with E-state index < -0.39 is 24.2 Å². The van der Waals surface area contributed by atoms with Crippen LogP contribution < -0.4 is 10.6 Å². The molecule has 0 fully saturated rings. The third-order valence-electron chi connectivity index (χ3n) is 5.88. The van der Waals surface area contributed by atoms with Gasteiger partial charge in [0, 0.05) is 18.0 Å². The predicted molar refractivity (Wildman–Crippen MR) is 135 cm³/mol. The van der Waals surface area contributed by atoms with Crippen molar-refractivity contribution in [2.45, 2.75) is 18.4 Å². The molecular weight excluding hydrogens is 460 g/mol. The van der Waals surface area contributed by atoms with Crippen molar-refractivity contribution >= 4 is 23.8 Å². The highest BCUT2D eigenvalue weighted by Gasteiger charge is 2.29. The van der Waals surface area contributed by atoms with Crippen molar-refractivity contribution in [1.29, 1.82) is 0 Å². The van der Waals surface area contributed by atoms with E-state index >= 15 is 0 Å². The third-order valence-corrected chi connectivity index (χ3v) is 5.88. The first-order valence-electron chi connectivity index (χ1n) is 11.4. The van der Waals surface area contributed by atoms with Gasteiger partial charge in [-0.15, -0.1) is 0 Å². The Hall–Kier alpha value is -4.59. The molecular formula is C28H26N2O6.